The van der Waals surface area contributed by atoms with Crippen LogP contribution in [0.15, 0.2) is 30.3 Å². The van der Waals surface area contributed by atoms with Crippen molar-refractivity contribution >= 4 is 41.2 Å². The summed E-state index contributed by atoms with van der Waals surface area (Å²) in [5.41, 5.74) is -0.0945. The van der Waals surface area contributed by atoms with E-state index in [9.17, 15) is 33.6 Å². The molecule has 1 unspecified atom stereocenters. The van der Waals surface area contributed by atoms with Crippen LogP contribution in [0.2, 0.25) is 0 Å². The fraction of sp³-hybridized carbons (Fsp3) is 0.606. The normalized spacial score (nSPS) is 15.8. The fourth-order valence-corrected chi connectivity index (χ4v) is 4.70. The molecule has 1 aromatic rings. The van der Waals surface area contributed by atoms with Gasteiger partial charge in [-0.05, 0) is 23.8 Å². The first-order valence-corrected chi connectivity index (χ1v) is 15.5. The third kappa shape index (κ3) is 12.8. The number of benzene rings is 1. The first-order chi connectivity index (χ1) is 21.0. The molecule has 1 aromatic carbocycles. The van der Waals surface area contributed by atoms with Gasteiger partial charge in [-0.3, -0.25) is 38.5 Å². The monoisotopic (exact) mass is 627 g/mol. The lowest BCUT2D eigenvalue weighted by atomic mass is 9.80. The zero-order chi connectivity index (χ0) is 33.8. The summed E-state index contributed by atoms with van der Waals surface area (Å²) >= 11 is 0. The number of Topliss-reactive ketones (excluding diaryl/α,β-unsaturated/α-hetero) is 1. The molecule has 0 spiro atoms. The number of nitrogens with one attached hydrogen (secondary N) is 4. The minimum atomic E-state index is -0.967. The second-order valence-corrected chi connectivity index (χ2v) is 13.6. The van der Waals surface area contributed by atoms with E-state index < -0.39 is 35.7 Å². The Bertz CT molecular complexity index is 1230. The number of ketones is 1. The molecule has 1 saturated heterocycles. The Kier molecular flexibility index (Phi) is 13.9. The topological polar surface area (TPSA) is 171 Å². The van der Waals surface area contributed by atoms with Crippen LogP contribution >= 0.6 is 0 Å². The van der Waals surface area contributed by atoms with E-state index in [0.29, 0.717) is 25.8 Å². The molecule has 0 aromatic heterocycles. The molecular formula is C33H49N5O7. The van der Waals surface area contributed by atoms with E-state index in [-0.39, 0.29) is 67.2 Å². The van der Waals surface area contributed by atoms with Crippen molar-refractivity contribution in [2.24, 2.45) is 16.7 Å². The van der Waals surface area contributed by atoms with Crippen LogP contribution in [0.4, 0.5) is 0 Å². The molecule has 248 valence electrons. The fourth-order valence-electron chi connectivity index (χ4n) is 4.70. The van der Waals surface area contributed by atoms with Crippen molar-refractivity contribution in [3.63, 3.8) is 0 Å². The van der Waals surface area contributed by atoms with Gasteiger partial charge >= 0.3 is 0 Å². The van der Waals surface area contributed by atoms with Gasteiger partial charge in [-0.2, -0.15) is 0 Å². The molecule has 6 amide bonds. The minimum Gasteiger partial charge on any atom is -0.347 e. The second kappa shape index (κ2) is 16.8. The predicted molar refractivity (Wildman–Crippen MR) is 168 cm³/mol. The third-order valence-electron chi connectivity index (χ3n) is 7.66. The van der Waals surface area contributed by atoms with Crippen LogP contribution in [-0.2, 0) is 40.0 Å². The molecule has 0 saturated carbocycles. The molecule has 1 fully saturated rings. The molecule has 0 aliphatic carbocycles. The lowest BCUT2D eigenvalue weighted by Gasteiger charge is -2.24. The maximum atomic E-state index is 12.9. The smallest absolute Gasteiger partial charge is 0.243 e. The van der Waals surface area contributed by atoms with Gasteiger partial charge in [-0.25, -0.2) is 0 Å². The van der Waals surface area contributed by atoms with Gasteiger partial charge in [-0.15, -0.1) is 0 Å². The van der Waals surface area contributed by atoms with E-state index in [2.05, 4.69) is 21.3 Å². The van der Waals surface area contributed by atoms with E-state index in [4.69, 9.17) is 0 Å². The van der Waals surface area contributed by atoms with Gasteiger partial charge in [0.15, 0.2) is 5.78 Å². The second-order valence-electron chi connectivity index (χ2n) is 13.6. The highest BCUT2D eigenvalue weighted by Gasteiger charge is 2.44. The molecule has 2 rings (SSSR count). The Morgan fingerprint density at radius 3 is 2.02 bits per heavy atom. The molecule has 0 radical (unpaired) electrons. The average Bonchev–Trinajstić information content (AvgIpc) is 3.26. The number of carbonyl (C=O) groups is 7. The SMILES string of the molecule is CC(C)(C)C(=O)CNC(=O)[C@H](Cc1ccccc1)NC(=O)CNC(=O)CNC(=O)CCCCCN1C(=O)CC(C(C)(C)C)C1=O. The van der Waals surface area contributed by atoms with Gasteiger partial charge in [-0.1, -0.05) is 78.3 Å². The lowest BCUT2D eigenvalue weighted by Crippen LogP contribution is -2.52. The van der Waals surface area contributed by atoms with Crippen molar-refractivity contribution in [3.05, 3.63) is 35.9 Å². The van der Waals surface area contributed by atoms with Crippen LogP contribution < -0.4 is 21.3 Å². The van der Waals surface area contributed by atoms with Crippen molar-refractivity contribution < 1.29 is 33.6 Å². The van der Waals surface area contributed by atoms with E-state index >= 15 is 0 Å². The number of unbranched alkanes of at least 4 members (excludes halogenated alkanes) is 2. The molecule has 1 aliphatic heterocycles. The van der Waals surface area contributed by atoms with Crippen molar-refractivity contribution in [1.29, 1.82) is 0 Å². The van der Waals surface area contributed by atoms with E-state index in [1.807, 2.05) is 51.1 Å². The summed E-state index contributed by atoms with van der Waals surface area (Å²) in [6.07, 6.45) is 2.36. The minimum absolute atomic E-state index is 0.132. The van der Waals surface area contributed by atoms with Gasteiger partial charge in [0, 0.05) is 31.2 Å². The summed E-state index contributed by atoms with van der Waals surface area (Å²) in [5, 5.41) is 10.1. The van der Waals surface area contributed by atoms with Crippen LogP contribution in [0.5, 0.6) is 0 Å². The summed E-state index contributed by atoms with van der Waals surface area (Å²) in [5.74, 6) is -2.77. The first-order valence-electron chi connectivity index (χ1n) is 15.5. The van der Waals surface area contributed by atoms with Gasteiger partial charge in [0.25, 0.3) is 0 Å². The van der Waals surface area contributed by atoms with Crippen molar-refractivity contribution in [1.82, 2.24) is 26.2 Å². The average molecular weight is 628 g/mol. The number of rotatable bonds is 16. The van der Waals surface area contributed by atoms with E-state index in [1.54, 1.807) is 20.8 Å². The number of imide groups is 1. The van der Waals surface area contributed by atoms with Gasteiger partial charge in [0.2, 0.25) is 35.4 Å². The summed E-state index contributed by atoms with van der Waals surface area (Å²) < 4.78 is 0. The predicted octanol–water partition coefficient (Wildman–Crippen LogP) is 1.66. The maximum absolute atomic E-state index is 12.9. The standard InChI is InChI=1S/C33H49N5O7/c1-32(2,3)23-18-29(43)38(31(23)45)16-12-8-11-15-26(40)34-20-27(41)35-21-28(42)37-24(17-22-13-9-7-10-14-22)30(44)36-19-25(39)33(4,5)6/h7,9-10,13-14,23-24H,8,11-12,15-21H2,1-6H3,(H,34,40)(H,35,41)(H,36,44)(H,37,42)/t23?,24-/m0/s1. The summed E-state index contributed by atoms with van der Waals surface area (Å²) in [4.78, 5) is 88.2. The maximum Gasteiger partial charge on any atom is 0.243 e. The van der Waals surface area contributed by atoms with Gasteiger partial charge in [0.1, 0.15) is 6.04 Å². The molecule has 0 bridgehead atoms. The van der Waals surface area contributed by atoms with Crippen molar-refractivity contribution in [2.75, 3.05) is 26.2 Å². The van der Waals surface area contributed by atoms with Crippen LogP contribution in [0.3, 0.4) is 0 Å². The molecule has 1 aliphatic rings. The van der Waals surface area contributed by atoms with E-state index in [0.717, 1.165) is 5.56 Å². The first kappa shape index (κ1) is 37.1. The zero-order valence-electron chi connectivity index (χ0n) is 27.4. The van der Waals surface area contributed by atoms with Gasteiger partial charge in [0.05, 0.1) is 25.6 Å². The molecule has 4 N–H and O–H groups in total. The Morgan fingerprint density at radius 2 is 1.42 bits per heavy atom. The van der Waals surface area contributed by atoms with Crippen LogP contribution in [-0.4, -0.2) is 78.3 Å². The highest BCUT2D eigenvalue weighted by molar-refractivity contribution is 6.03. The van der Waals surface area contributed by atoms with Crippen molar-refractivity contribution in [2.45, 2.75) is 86.1 Å². The summed E-state index contributed by atoms with van der Waals surface area (Å²) in [6.45, 7) is 10.5. The molecule has 2 atom stereocenters. The number of hydrogen-bond acceptors (Lipinski definition) is 7. The van der Waals surface area contributed by atoms with Crippen LogP contribution in [0.25, 0.3) is 0 Å². The van der Waals surface area contributed by atoms with E-state index in [1.165, 1.54) is 4.90 Å². The Labute approximate surface area is 265 Å². The largest absolute Gasteiger partial charge is 0.347 e. The molecule has 12 heteroatoms. The van der Waals surface area contributed by atoms with Gasteiger partial charge < -0.3 is 21.3 Å². The zero-order valence-corrected chi connectivity index (χ0v) is 27.4. The quantitative estimate of drug-likeness (QED) is 0.159. The molecule has 12 nitrogen and oxygen atoms in total. The Morgan fingerprint density at radius 1 is 0.800 bits per heavy atom. The highest BCUT2D eigenvalue weighted by atomic mass is 16.2. The number of carbonyl (C=O) groups excluding carboxylic acids is 7. The summed E-state index contributed by atoms with van der Waals surface area (Å²) in [6, 6.07) is 8.11. The highest BCUT2D eigenvalue weighted by Crippen LogP contribution is 2.35. The molecule has 45 heavy (non-hydrogen) atoms. The Balaban J connectivity index is 1.70. The van der Waals surface area contributed by atoms with Crippen molar-refractivity contribution in [3.8, 4) is 0 Å². The number of hydrogen-bond donors (Lipinski definition) is 4. The van der Waals surface area contributed by atoms with Crippen LogP contribution in [0.1, 0.15) is 79.2 Å². The number of amides is 6. The molecular weight excluding hydrogens is 578 g/mol. The van der Waals surface area contributed by atoms with Crippen LogP contribution in [0, 0.1) is 16.7 Å². The lowest BCUT2D eigenvalue weighted by molar-refractivity contribution is -0.140. The molecule has 1 heterocycles. The number of nitrogens with zero attached hydrogens (tertiary/aromatic N) is 1. The third-order valence-corrected chi connectivity index (χ3v) is 7.66. The number of likely N-dealkylation sites (tertiary alicyclic amines) is 1. The Hall–Kier alpha value is -4.09. The summed E-state index contributed by atoms with van der Waals surface area (Å²) in [7, 11) is 0.